The third-order valence-electron chi connectivity index (χ3n) is 2.62. The molecule has 0 saturated carbocycles. The van der Waals surface area contributed by atoms with Gasteiger partial charge in [-0.1, -0.05) is 6.58 Å². The van der Waals surface area contributed by atoms with Crippen LogP contribution in [0.2, 0.25) is 0 Å². The number of hydrogen-bond donors (Lipinski definition) is 2. The van der Waals surface area contributed by atoms with E-state index in [0.717, 1.165) is 0 Å². The van der Waals surface area contributed by atoms with Gasteiger partial charge in [-0.3, -0.25) is 4.55 Å². The smallest absolute Gasteiger partial charge is 0.392 e. The van der Waals surface area contributed by atoms with Crippen molar-refractivity contribution >= 4 is 16.1 Å². The lowest BCUT2D eigenvalue weighted by atomic mass is 10.2. The van der Waals surface area contributed by atoms with Crippen LogP contribution in [0.1, 0.15) is 13.3 Å². The molecule has 9 nitrogen and oxygen atoms in total. The van der Waals surface area contributed by atoms with Crippen molar-refractivity contribution in [3.8, 4) is 0 Å². The first-order valence-electron chi connectivity index (χ1n) is 6.13. The maximum Gasteiger partial charge on any atom is 0.392 e. The Balaban J connectivity index is 2.42. The van der Waals surface area contributed by atoms with Crippen molar-refractivity contribution in [3.63, 3.8) is 0 Å². The van der Waals surface area contributed by atoms with E-state index in [0.29, 0.717) is 0 Å². The molecule has 2 unspecified atom stereocenters. The van der Waals surface area contributed by atoms with Crippen molar-refractivity contribution in [1.82, 2.24) is 0 Å². The predicted octanol–water partition coefficient (Wildman–Crippen LogP) is 0.0120. The lowest BCUT2D eigenvalue weighted by Crippen LogP contribution is -2.42. The van der Waals surface area contributed by atoms with Crippen LogP contribution in [0, 0.1) is 0 Å². The lowest BCUT2D eigenvalue weighted by Gasteiger charge is -2.33. The summed E-state index contributed by atoms with van der Waals surface area (Å²) >= 11 is 0. The number of hydrogen-bond acceptors (Lipinski definition) is 8. The highest BCUT2D eigenvalue weighted by atomic mass is 32.2. The number of ether oxygens (including phenoxy) is 4. The van der Waals surface area contributed by atoms with Crippen molar-refractivity contribution in [2.45, 2.75) is 30.7 Å². The molecule has 23 heavy (non-hydrogen) atoms. The Morgan fingerprint density at radius 3 is 2.65 bits per heavy atom. The van der Waals surface area contributed by atoms with Gasteiger partial charge in [-0.25, -0.2) is 4.79 Å². The Labute approximate surface area is 130 Å². The minimum atomic E-state index is -5.62. The second-order valence-electron chi connectivity index (χ2n) is 4.85. The topological polar surface area (TPSA) is 129 Å². The van der Waals surface area contributed by atoms with Crippen LogP contribution < -0.4 is 0 Å². The molecule has 0 amide bonds. The molecule has 0 aromatic heterocycles. The van der Waals surface area contributed by atoms with E-state index in [1.807, 2.05) is 0 Å². The van der Waals surface area contributed by atoms with Gasteiger partial charge >= 0.3 is 21.3 Å². The molecule has 1 aliphatic rings. The number of esters is 1. The minimum absolute atomic E-state index is 0.187. The Morgan fingerprint density at radius 2 is 2.13 bits per heavy atom. The molecule has 12 heteroatoms. The normalized spacial score (nSPS) is 25.9. The molecular weight excluding hydrogens is 346 g/mol. The SMILES string of the molecule is C=C(COCC(F)(F)S(=O)(=O)O)C(=O)OC1CC(C)(O)OCO1. The first kappa shape index (κ1) is 19.9. The molecule has 2 N–H and O–H groups in total. The highest BCUT2D eigenvalue weighted by molar-refractivity contribution is 7.86. The number of rotatable bonds is 7. The molecule has 0 aliphatic carbocycles. The Morgan fingerprint density at radius 1 is 1.52 bits per heavy atom. The van der Waals surface area contributed by atoms with Crippen molar-refractivity contribution in [2.75, 3.05) is 20.0 Å². The van der Waals surface area contributed by atoms with E-state index in [4.69, 9.17) is 18.8 Å². The lowest BCUT2D eigenvalue weighted by molar-refractivity contribution is -0.334. The van der Waals surface area contributed by atoms with E-state index in [1.54, 1.807) is 0 Å². The summed E-state index contributed by atoms with van der Waals surface area (Å²) in [4.78, 5) is 11.6. The maximum atomic E-state index is 12.9. The van der Waals surface area contributed by atoms with E-state index in [-0.39, 0.29) is 13.2 Å². The molecule has 1 aliphatic heterocycles. The average Bonchev–Trinajstić information content (AvgIpc) is 2.35. The summed E-state index contributed by atoms with van der Waals surface area (Å²) in [5, 5.41) is 5.08. The zero-order valence-corrected chi connectivity index (χ0v) is 12.8. The highest BCUT2D eigenvalue weighted by Crippen LogP contribution is 2.23. The Bertz CT molecular complexity index is 558. The number of halogens is 2. The molecule has 0 spiro atoms. The van der Waals surface area contributed by atoms with Crippen molar-refractivity contribution in [3.05, 3.63) is 12.2 Å². The third-order valence-corrected chi connectivity index (χ3v) is 3.49. The van der Waals surface area contributed by atoms with E-state index in [9.17, 15) is 27.1 Å². The van der Waals surface area contributed by atoms with Gasteiger partial charge in [0.1, 0.15) is 6.61 Å². The first-order valence-corrected chi connectivity index (χ1v) is 7.57. The van der Waals surface area contributed by atoms with Gasteiger partial charge in [0.2, 0.25) is 6.29 Å². The number of carbonyl (C=O) groups excluding carboxylic acids is 1. The predicted molar refractivity (Wildman–Crippen MR) is 68.6 cm³/mol. The van der Waals surface area contributed by atoms with Gasteiger partial charge in [0, 0.05) is 0 Å². The summed E-state index contributed by atoms with van der Waals surface area (Å²) in [6.45, 7) is 1.81. The van der Waals surface area contributed by atoms with Crippen molar-refractivity contribution < 1.29 is 50.6 Å². The first-order chi connectivity index (χ1) is 10.3. The largest absolute Gasteiger partial charge is 0.432 e. The fourth-order valence-corrected chi connectivity index (χ4v) is 1.60. The van der Waals surface area contributed by atoms with Crippen LogP contribution in [-0.2, 0) is 33.9 Å². The highest BCUT2D eigenvalue weighted by Gasteiger charge is 2.44. The summed E-state index contributed by atoms with van der Waals surface area (Å²) in [5.74, 6) is -2.61. The second kappa shape index (κ2) is 7.15. The standard InChI is InChI=1S/C11H16F2O9S/c1-7(4-19-5-11(12,13)23(16,17)18)9(14)22-8-3-10(2,15)21-6-20-8/h8,15H,1,3-6H2,2H3,(H,16,17,18). The number of aliphatic hydroxyl groups is 1. The second-order valence-corrected chi connectivity index (χ2v) is 6.40. The Kier molecular flexibility index (Phi) is 6.18. The van der Waals surface area contributed by atoms with Gasteiger partial charge in [-0.15, -0.1) is 0 Å². The third kappa shape index (κ3) is 6.08. The molecule has 0 radical (unpaired) electrons. The van der Waals surface area contributed by atoms with E-state index < -0.39 is 52.2 Å². The summed E-state index contributed by atoms with van der Waals surface area (Å²) in [6.07, 6.45) is -1.32. The molecule has 1 fully saturated rings. The molecule has 0 aromatic rings. The fourth-order valence-electron chi connectivity index (χ4n) is 1.37. The van der Waals surface area contributed by atoms with Gasteiger partial charge in [-0.05, 0) is 6.92 Å². The van der Waals surface area contributed by atoms with E-state index in [2.05, 4.69) is 11.3 Å². The molecule has 0 bridgehead atoms. The molecule has 1 heterocycles. The molecule has 134 valence electrons. The van der Waals surface area contributed by atoms with Gasteiger partial charge < -0.3 is 24.1 Å². The van der Waals surface area contributed by atoms with Crippen LogP contribution in [0.25, 0.3) is 0 Å². The van der Waals surface area contributed by atoms with Crippen LogP contribution in [0.15, 0.2) is 12.2 Å². The monoisotopic (exact) mass is 362 g/mol. The summed E-state index contributed by atoms with van der Waals surface area (Å²) < 4.78 is 73.5. The molecular formula is C11H16F2O9S. The van der Waals surface area contributed by atoms with Crippen molar-refractivity contribution in [1.29, 1.82) is 0 Å². The van der Waals surface area contributed by atoms with Crippen LogP contribution in [-0.4, -0.2) is 61.4 Å². The van der Waals surface area contributed by atoms with Gasteiger partial charge in [-0.2, -0.15) is 17.2 Å². The van der Waals surface area contributed by atoms with Gasteiger partial charge in [0.05, 0.1) is 18.6 Å². The van der Waals surface area contributed by atoms with Crippen LogP contribution in [0.4, 0.5) is 8.78 Å². The number of alkyl halides is 2. The van der Waals surface area contributed by atoms with Gasteiger partial charge in [0.25, 0.3) is 0 Å². The summed E-state index contributed by atoms with van der Waals surface area (Å²) in [6, 6.07) is 0. The van der Waals surface area contributed by atoms with Gasteiger partial charge in [0.15, 0.2) is 12.6 Å². The van der Waals surface area contributed by atoms with Crippen LogP contribution in [0.5, 0.6) is 0 Å². The Hall–Kier alpha value is -1.18. The van der Waals surface area contributed by atoms with Crippen LogP contribution >= 0.6 is 0 Å². The van der Waals surface area contributed by atoms with Crippen LogP contribution in [0.3, 0.4) is 0 Å². The minimum Gasteiger partial charge on any atom is -0.432 e. The molecule has 1 rings (SSSR count). The molecule has 0 aromatic carbocycles. The zero-order valence-electron chi connectivity index (χ0n) is 12.0. The fraction of sp³-hybridized carbons (Fsp3) is 0.727. The number of carbonyl (C=O) groups is 1. The summed E-state index contributed by atoms with van der Waals surface area (Å²) in [5.41, 5.74) is -0.397. The summed E-state index contributed by atoms with van der Waals surface area (Å²) in [7, 11) is -5.62. The molecule has 2 atom stereocenters. The quantitative estimate of drug-likeness (QED) is 0.365. The van der Waals surface area contributed by atoms with E-state index in [1.165, 1.54) is 6.92 Å². The molecule has 1 saturated heterocycles. The van der Waals surface area contributed by atoms with E-state index >= 15 is 0 Å². The van der Waals surface area contributed by atoms with Crippen molar-refractivity contribution in [2.24, 2.45) is 0 Å². The maximum absolute atomic E-state index is 12.9. The zero-order chi connectivity index (χ0) is 17.9. The average molecular weight is 362 g/mol.